The van der Waals surface area contributed by atoms with Crippen molar-refractivity contribution >= 4 is 11.8 Å². The fraction of sp³-hybridized carbons (Fsp3) is 0.571. The molecular formula is C14H20FN3O2. The summed E-state index contributed by atoms with van der Waals surface area (Å²) in [5.74, 6) is -0.415. The summed E-state index contributed by atoms with van der Waals surface area (Å²) in [4.78, 5) is 16.2. The van der Waals surface area contributed by atoms with Gasteiger partial charge in [0.1, 0.15) is 11.4 Å². The molecule has 1 amide bonds. The van der Waals surface area contributed by atoms with Gasteiger partial charge in [0.2, 0.25) is 0 Å². The van der Waals surface area contributed by atoms with Crippen molar-refractivity contribution in [1.29, 1.82) is 0 Å². The van der Waals surface area contributed by atoms with Crippen molar-refractivity contribution in [2.24, 2.45) is 0 Å². The number of nitrogens with zero attached hydrogens (tertiary/aromatic N) is 3. The van der Waals surface area contributed by atoms with Gasteiger partial charge in [0.15, 0.2) is 0 Å². The third-order valence-corrected chi connectivity index (χ3v) is 2.94. The Hall–Kier alpha value is -1.85. The second-order valence-electron chi connectivity index (χ2n) is 5.84. The van der Waals surface area contributed by atoms with Gasteiger partial charge in [0, 0.05) is 19.2 Å². The molecule has 1 aliphatic rings. The van der Waals surface area contributed by atoms with Crippen LogP contribution in [0.4, 0.5) is 14.9 Å². The van der Waals surface area contributed by atoms with E-state index in [0.29, 0.717) is 24.5 Å². The minimum absolute atomic E-state index is 0.415. The van der Waals surface area contributed by atoms with E-state index in [4.69, 9.17) is 4.74 Å². The average Bonchev–Trinajstić information content (AvgIpc) is 2.79. The third kappa shape index (κ3) is 3.18. The predicted molar refractivity (Wildman–Crippen MR) is 73.8 cm³/mol. The van der Waals surface area contributed by atoms with Crippen LogP contribution in [-0.4, -0.2) is 34.8 Å². The van der Waals surface area contributed by atoms with Gasteiger partial charge in [0.25, 0.3) is 0 Å². The van der Waals surface area contributed by atoms with Gasteiger partial charge < -0.3 is 4.74 Å². The fourth-order valence-corrected chi connectivity index (χ4v) is 2.12. The fourth-order valence-electron chi connectivity index (χ4n) is 2.12. The zero-order valence-corrected chi connectivity index (χ0v) is 12.3. The Balaban J connectivity index is 2.23. The number of hydrogen-bond donors (Lipinski definition) is 0. The molecule has 0 bridgehead atoms. The van der Waals surface area contributed by atoms with Gasteiger partial charge in [-0.3, -0.25) is 9.99 Å². The van der Waals surface area contributed by atoms with Crippen LogP contribution in [0.15, 0.2) is 12.3 Å². The van der Waals surface area contributed by atoms with E-state index in [9.17, 15) is 9.18 Å². The summed E-state index contributed by atoms with van der Waals surface area (Å²) < 4.78 is 18.8. The van der Waals surface area contributed by atoms with Gasteiger partial charge in [-0.25, -0.2) is 14.2 Å². The van der Waals surface area contributed by atoms with Crippen molar-refractivity contribution in [2.45, 2.75) is 39.7 Å². The zero-order chi connectivity index (χ0) is 14.9. The monoisotopic (exact) mass is 281 g/mol. The van der Waals surface area contributed by atoms with Crippen LogP contribution in [0.5, 0.6) is 0 Å². The largest absolute Gasteiger partial charge is 0.442 e. The number of amides is 1. The first kappa shape index (κ1) is 14.6. The van der Waals surface area contributed by atoms with Crippen molar-refractivity contribution in [3.8, 4) is 0 Å². The maximum absolute atomic E-state index is 13.4. The number of pyridine rings is 1. The molecule has 0 spiro atoms. The molecule has 0 unspecified atom stereocenters. The first-order valence-electron chi connectivity index (χ1n) is 6.68. The lowest BCUT2D eigenvalue weighted by Gasteiger charge is -2.32. The maximum atomic E-state index is 13.4. The second-order valence-corrected chi connectivity index (χ2v) is 5.84. The van der Waals surface area contributed by atoms with E-state index in [-0.39, 0.29) is 0 Å². The van der Waals surface area contributed by atoms with E-state index in [1.54, 1.807) is 11.9 Å². The first-order chi connectivity index (χ1) is 9.28. The zero-order valence-electron chi connectivity index (χ0n) is 12.3. The molecule has 20 heavy (non-hydrogen) atoms. The van der Waals surface area contributed by atoms with E-state index >= 15 is 0 Å². The Morgan fingerprint density at radius 2 is 2.10 bits per heavy atom. The molecule has 0 atom stereocenters. The number of halogens is 1. The molecular weight excluding hydrogens is 261 g/mol. The van der Waals surface area contributed by atoms with Crippen LogP contribution in [0.25, 0.3) is 0 Å². The van der Waals surface area contributed by atoms with Crippen molar-refractivity contribution in [3.05, 3.63) is 23.8 Å². The Morgan fingerprint density at radius 1 is 1.40 bits per heavy atom. The molecule has 0 N–H and O–H groups in total. The number of anilines is 1. The van der Waals surface area contributed by atoms with E-state index in [1.165, 1.54) is 17.3 Å². The number of carbonyl (C=O) groups is 1. The van der Waals surface area contributed by atoms with Crippen LogP contribution >= 0.6 is 0 Å². The standard InChI is InChI=1S/C14H20FN3O2/c1-10-12(8-11(15)9-16-10)17-6-5-7-18(17)13(19)20-14(2,3)4/h8-9H,5-7H2,1-4H3. The second kappa shape index (κ2) is 5.26. The van der Waals surface area contributed by atoms with Gasteiger partial charge >= 0.3 is 6.09 Å². The molecule has 1 saturated heterocycles. The van der Waals surface area contributed by atoms with Gasteiger partial charge in [-0.05, 0) is 34.1 Å². The normalized spacial score (nSPS) is 15.7. The highest BCUT2D eigenvalue weighted by molar-refractivity contribution is 5.72. The molecule has 110 valence electrons. The number of hydrazine groups is 1. The van der Waals surface area contributed by atoms with Crippen LogP contribution in [0.1, 0.15) is 32.9 Å². The highest BCUT2D eigenvalue weighted by atomic mass is 19.1. The molecule has 0 radical (unpaired) electrons. The van der Waals surface area contributed by atoms with Gasteiger partial charge in [-0.1, -0.05) is 0 Å². The molecule has 0 aromatic carbocycles. The molecule has 1 aromatic heterocycles. The number of hydrogen-bond acceptors (Lipinski definition) is 4. The highest BCUT2D eigenvalue weighted by Gasteiger charge is 2.32. The molecule has 1 aromatic rings. The lowest BCUT2D eigenvalue weighted by atomic mass is 10.2. The Morgan fingerprint density at radius 3 is 2.75 bits per heavy atom. The summed E-state index contributed by atoms with van der Waals surface area (Å²) in [6.07, 6.45) is 1.57. The molecule has 1 aliphatic heterocycles. The molecule has 5 nitrogen and oxygen atoms in total. The van der Waals surface area contributed by atoms with Crippen molar-refractivity contribution in [3.63, 3.8) is 0 Å². The number of carbonyl (C=O) groups excluding carboxylic acids is 1. The SMILES string of the molecule is Cc1ncc(F)cc1N1CCCN1C(=O)OC(C)(C)C. The first-order valence-corrected chi connectivity index (χ1v) is 6.68. The summed E-state index contributed by atoms with van der Waals surface area (Å²) in [6, 6.07) is 1.39. The van der Waals surface area contributed by atoms with Gasteiger partial charge in [-0.2, -0.15) is 0 Å². The highest BCUT2D eigenvalue weighted by Crippen LogP contribution is 2.26. The summed E-state index contributed by atoms with van der Waals surface area (Å²) >= 11 is 0. The smallest absolute Gasteiger partial charge is 0.429 e. The van der Waals surface area contributed by atoms with E-state index in [2.05, 4.69) is 4.98 Å². The van der Waals surface area contributed by atoms with Crippen LogP contribution in [0, 0.1) is 12.7 Å². The number of ether oxygens (including phenoxy) is 1. The third-order valence-electron chi connectivity index (χ3n) is 2.94. The number of aryl methyl sites for hydroxylation is 1. The predicted octanol–water partition coefficient (Wildman–Crippen LogP) is 2.89. The van der Waals surface area contributed by atoms with Gasteiger partial charge in [0.05, 0.1) is 17.6 Å². The van der Waals surface area contributed by atoms with Crippen LogP contribution in [0.3, 0.4) is 0 Å². The van der Waals surface area contributed by atoms with Gasteiger partial charge in [-0.15, -0.1) is 0 Å². The van der Waals surface area contributed by atoms with E-state index < -0.39 is 17.5 Å². The van der Waals surface area contributed by atoms with Crippen molar-refractivity contribution in [1.82, 2.24) is 9.99 Å². The minimum atomic E-state index is -0.555. The van der Waals surface area contributed by atoms with Crippen LogP contribution in [0.2, 0.25) is 0 Å². The number of rotatable bonds is 1. The van der Waals surface area contributed by atoms with Crippen LogP contribution < -0.4 is 5.01 Å². The molecule has 2 rings (SSSR count). The number of aromatic nitrogens is 1. The Labute approximate surface area is 118 Å². The maximum Gasteiger partial charge on any atom is 0.429 e. The van der Waals surface area contributed by atoms with E-state index in [0.717, 1.165) is 6.42 Å². The van der Waals surface area contributed by atoms with Crippen molar-refractivity contribution < 1.29 is 13.9 Å². The summed E-state index contributed by atoms with van der Waals surface area (Å²) in [5.41, 5.74) is 0.732. The molecule has 0 saturated carbocycles. The molecule has 6 heteroatoms. The Bertz CT molecular complexity index is 514. The lowest BCUT2D eigenvalue weighted by molar-refractivity contribution is 0.0273. The lowest BCUT2D eigenvalue weighted by Crippen LogP contribution is -2.44. The molecule has 1 fully saturated rings. The summed E-state index contributed by atoms with van der Waals surface area (Å²) in [7, 11) is 0. The Kier molecular flexibility index (Phi) is 3.83. The minimum Gasteiger partial charge on any atom is -0.442 e. The van der Waals surface area contributed by atoms with Crippen molar-refractivity contribution in [2.75, 3.05) is 18.1 Å². The average molecular weight is 281 g/mol. The molecule has 0 aliphatic carbocycles. The topological polar surface area (TPSA) is 45.7 Å². The van der Waals surface area contributed by atoms with E-state index in [1.807, 2.05) is 20.8 Å². The summed E-state index contributed by atoms with van der Waals surface area (Å²) in [6.45, 7) is 8.46. The quantitative estimate of drug-likeness (QED) is 0.794. The summed E-state index contributed by atoms with van der Waals surface area (Å²) in [5, 5.41) is 3.24. The molecule has 2 heterocycles. The van der Waals surface area contributed by atoms with Crippen LogP contribution in [-0.2, 0) is 4.74 Å².